The third-order valence-corrected chi connectivity index (χ3v) is 5.07. The first-order valence-electron chi connectivity index (χ1n) is 7.40. The number of rotatable bonds is 5. The van der Waals surface area contributed by atoms with Gasteiger partial charge in [0.2, 0.25) is 0 Å². The molecule has 0 aliphatic carbocycles. The minimum Gasteiger partial charge on any atom is -0.333 e. The molecule has 0 unspecified atom stereocenters. The normalized spacial score (nSPS) is 17.6. The van der Waals surface area contributed by atoms with E-state index in [1.54, 1.807) is 11.8 Å². The first-order chi connectivity index (χ1) is 10.2. The molecule has 2 heterocycles. The van der Waals surface area contributed by atoms with Gasteiger partial charge in [-0.15, -0.1) is 0 Å². The van der Waals surface area contributed by atoms with Crippen LogP contribution in [0.25, 0.3) is 11.0 Å². The van der Waals surface area contributed by atoms with E-state index in [2.05, 4.69) is 26.8 Å². The molecule has 1 N–H and O–H groups in total. The molecule has 0 atom stereocenters. The summed E-state index contributed by atoms with van der Waals surface area (Å²) in [5, 5.41) is 1.74. The van der Waals surface area contributed by atoms with E-state index in [-0.39, 0.29) is 0 Å². The number of thioether (sulfide) groups is 1. The van der Waals surface area contributed by atoms with Gasteiger partial charge in [-0.05, 0) is 38.2 Å². The summed E-state index contributed by atoms with van der Waals surface area (Å²) in [4.78, 5) is 12.9. The molecule has 4 nitrogen and oxygen atoms in total. The summed E-state index contributed by atoms with van der Waals surface area (Å²) >= 11 is 7.78. The molecule has 21 heavy (non-hydrogen) atoms. The summed E-state index contributed by atoms with van der Waals surface area (Å²) in [6.45, 7) is 5.97. The number of halogens is 1. The lowest BCUT2D eigenvalue weighted by Crippen LogP contribution is -2.44. The fraction of sp³-hybridized carbons (Fsp3) is 0.533. The Hall–Kier alpha value is -0.750. The number of nitrogens with zero attached hydrogens (tertiary/aromatic N) is 3. The zero-order chi connectivity index (χ0) is 14.7. The molecular formula is C15H21ClN4S. The molecule has 2 aromatic rings. The quantitative estimate of drug-likeness (QED) is 0.677. The van der Waals surface area contributed by atoms with Crippen molar-refractivity contribution < 1.29 is 0 Å². The Bertz CT molecular complexity index is 592. The zero-order valence-electron chi connectivity index (χ0n) is 12.3. The highest BCUT2D eigenvalue weighted by molar-refractivity contribution is 7.99. The van der Waals surface area contributed by atoms with Gasteiger partial charge in [0.1, 0.15) is 0 Å². The monoisotopic (exact) mass is 324 g/mol. The summed E-state index contributed by atoms with van der Waals surface area (Å²) < 4.78 is 0. The fourth-order valence-corrected chi connectivity index (χ4v) is 3.54. The van der Waals surface area contributed by atoms with Gasteiger partial charge in [-0.3, -0.25) is 0 Å². The highest BCUT2D eigenvalue weighted by Crippen LogP contribution is 2.22. The lowest BCUT2D eigenvalue weighted by molar-refractivity contribution is 0.154. The fourth-order valence-electron chi connectivity index (χ4n) is 2.56. The second-order valence-corrected chi connectivity index (χ2v) is 7.07. The van der Waals surface area contributed by atoms with Crippen LogP contribution >= 0.6 is 23.4 Å². The van der Waals surface area contributed by atoms with Gasteiger partial charge in [0.05, 0.1) is 11.0 Å². The molecule has 6 heteroatoms. The number of fused-ring (bicyclic) bond motifs is 1. The van der Waals surface area contributed by atoms with Gasteiger partial charge in [-0.25, -0.2) is 4.98 Å². The van der Waals surface area contributed by atoms with Gasteiger partial charge in [0.25, 0.3) is 0 Å². The molecule has 1 aliphatic rings. The van der Waals surface area contributed by atoms with Crippen LogP contribution in [0.1, 0.15) is 6.42 Å². The first-order valence-corrected chi connectivity index (χ1v) is 8.76. The molecule has 1 aliphatic heterocycles. The molecule has 0 saturated carbocycles. The standard InChI is InChI=1S/C15H21ClN4S/c1-19-6-8-20(9-7-19)5-2-10-21-15-17-13-4-3-12(16)11-14(13)18-15/h3-4,11H,2,5-10H2,1H3,(H,17,18). The molecule has 1 aromatic carbocycles. The van der Waals surface area contributed by atoms with Gasteiger partial charge >= 0.3 is 0 Å². The Morgan fingerprint density at radius 1 is 1.29 bits per heavy atom. The number of piperazine rings is 1. The van der Waals surface area contributed by atoms with Crippen LogP contribution in [0, 0.1) is 0 Å². The van der Waals surface area contributed by atoms with Crippen molar-refractivity contribution in [1.82, 2.24) is 19.8 Å². The van der Waals surface area contributed by atoms with Gasteiger partial charge in [-0.1, -0.05) is 23.4 Å². The average Bonchev–Trinajstić information content (AvgIpc) is 2.87. The maximum atomic E-state index is 5.99. The van der Waals surface area contributed by atoms with Crippen LogP contribution in [0.15, 0.2) is 23.4 Å². The second kappa shape index (κ2) is 7.01. The number of imidazole rings is 1. The Morgan fingerprint density at radius 2 is 2.10 bits per heavy atom. The van der Waals surface area contributed by atoms with Crippen molar-refractivity contribution in [2.45, 2.75) is 11.6 Å². The smallest absolute Gasteiger partial charge is 0.166 e. The molecule has 114 valence electrons. The Kier molecular flexibility index (Phi) is 5.06. The van der Waals surface area contributed by atoms with Gasteiger partial charge < -0.3 is 14.8 Å². The number of likely N-dealkylation sites (N-methyl/N-ethyl adjacent to an activating group) is 1. The van der Waals surface area contributed by atoms with E-state index in [4.69, 9.17) is 11.6 Å². The molecule has 0 spiro atoms. The molecular weight excluding hydrogens is 304 g/mol. The predicted molar refractivity (Wildman–Crippen MR) is 90.4 cm³/mol. The SMILES string of the molecule is CN1CCN(CCCSc2nc3ccc(Cl)cc3[nH]2)CC1. The summed E-state index contributed by atoms with van der Waals surface area (Å²) in [6, 6.07) is 5.77. The van der Waals surface area contributed by atoms with E-state index in [0.717, 1.165) is 27.0 Å². The summed E-state index contributed by atoms with van der Waals surface area (Å²) in [5.74, 6) is 1.10. The van der Waals surface area contributed by atoms with Crippen molar-refractivity contribution in [2.24, 2.45) is 0 Å². The van der Waals surface area contributed by atoms with E-state index in [1.807, 2.05) is 18.2 Å². The summed E-state index contributed by atoms with van der Waals surface area (Å²) in [7, 11) is 2.20. The van der Waals surface area contributed by atoms with Crippen LogP contribution < -0.4 is 0 Å². The van der Waals surface area contributed by atoms with Crippen LogP contribution in [-0.4, -0.2) is 65.3 Å². The maximum absolute atomic E-state index is 5.99. The van der Waals surface area contributed by atoms with Gasteiger partial charge in [-0.2, -0.15) is 0 Å². The van der Waals surface area contributed by atoms with E-state index in [1.165, 1.54) is 39.1 Å². The summed E-state index contributed by atoms with van der Waals surface area (Å²) in [6.07, 6.45) is 1.20. The number of aromatic amines is 1. The van der Waals surface area contributed by atoms with Crippen molar-refractivity contribution in [3.63, 3.8) is 0 Å². The van der Waals surface area contributed by atoms with Crippen molar-refractivity contribution in [2.75, 3.05) is 45.5 Å². The van der Waals surface area contributed by atoms with Crippen LogP contribution in [0.4, 0.5) is 0 Å². The highest BCUT2D eigenvalue weighted by atomic mass is 35.5. The van der Waals surface area contributed by atoms with Crippen LogP contribution in [0.2, 0.25) is 5.02 Å². The van der Waals surface area contributed by atoms with E-state index in [0.29, 0.717) is 0 Å². The first kappa shape index (κ1) is 15.2. The number of hydrogen-bond donors (Lipinski definition) is 1. The maximum Gasteiger partial charge on any atom is 0.166 e. The molecule has 3 rings (SSSR count). The van der Waals surface area contributed by atoms with Gasteiger partial charge in [0, 0.05) is 37.0 Å². The minimum absolute atomic E-state index is 0.748. The van der Waals surface area contributed by atoms with Crippen LogP contribution in [-0.2, 0) is 0 Å². The second-order valence-electron chi connectivity index (χ2n) is 5.55. The van der Waals surface area contributed by atoms with Crippen LogP contribution in [0.5, 0.6) is 0 Å². The molecule has 1 fully saturated rings. The summed E-state index contributed by atoms with van der Waals surface area (Å²) in [5.41, 5.74) is 2.00. The van der Waals surface area contributed by atoms with Crippen molar-refractivity contribution in [1.29, 1.82) is 0 Å². The zero-order valence-corrected chi connectivity index (χ0v) is 13.9. The molecule has 0 amide bonds. The Labute approximate surface area is 134 Å². The van der Waals surface area contributed by atoms with Gasteiger partial charge in [0.15, 0.2) is 5.16 Å². The molecule has 0 radical (unpaired) electrons. The lowest BCUT2D eigenvalue weighted by atomic mass is 10.3. The Balaban J connectivity index is 1.44. The average molecular weight is 325 g/mol. The number of aromatic nitrogens is 2. The topological polar surface area (TPSA) is 35.2 Å². The number of nitrogens with one attached hydrogen (secondary N) is 1. The molecule has 0 bridgehead atoms. The minimum atomic E-state index is 0.748. The number of H-pyrrole nitrogens is 1. The van der Waals surface area contributed by atoms with E-state index >= 15 is 0 Å². The lowest BCUT2D eigenvalue weighted by Gasteiger charge is -2.32. The number of benzene rings is 1. The van der Waals surface area contributed by atoms with Crippen molar-refractivity contribution in [3.8, 4) is 0 Å². The third kappa shape index (κ3) is 4.13. The molecule has 1 saturated heterocycles. The Morgan fingerprint density at radius 3 is 2.90 bits per heavy atom. The van der Waals surface area contributed by atoms with Crippen molar-refractivity contribution >= 4 is 34.4 Å². The third-order valence-electron chi connectivity index (χ3n) is 3.88. The largest absolute Gasteiger partial charge is 0.333 e. The van der Waals surface area contributed by atoms with E-state index < -0.39 is 0 Å². The van der Waals surface area contributed by atoms with Crippen LogP contribution in [0.3, 0.4) is 0 Å². The molecule has 1 aromatic heterocycles. The number of hydrogen-bond acceptors (Lipinski definition) is 4. The van der Waals surface area contributed by atoms with Crippen molar-refractivity contribution in [3.05, 3.63) is 23.2 Å². The predicted octanol–water partition coefficient (Wildman–Crippen LogP) is 2.95. The van der Waals surface area contributed by atoms with E-state index in [9.17, 15) is 0 Å². The highest BCUT2D eigenvalue weighted by Gasteiger charge is 2.13.